The van der Waals surface area contributed by atoms with Gasteiger partial charge in [-0.3, -0.25) is 4.79 Å². The van der Waals surface area contributed by atoms with Gasteiger partial charge in [0.2, 0.25) is 9.84 Å². The topological polar surface area (TPSA) is 98.5 Å². The molecule has 0 saturated carbocycles. The van der Waals surface area contributed by atoms with E-state index in [0.717, 1.165) is 16.7 Å². The summed E-state index contributed by atoms with van der Waals surface area (Å²) in [4.78, 5) is 12.1. The van der Waals surface area contributed by atoms with Crippen molar-refractivity contribution in [2.24, 2.45) is 5.73 Å². The quantitative estimate of drug-likeness (QED) is 0.794. The lowest BCUT2D eigenvalue weighted by Crippen LogP contribution is -2.42. The molecule has 132 valence electrons. The first-order valence-electron chi connectivity index (χ1n) is 7.93. The molecule has 0 amide bonds. The number of hydrogen-bond acceptors (Lipinski definition) is 6. The van der Waals surface area contributed by atoms with Crippen LogP contribution in [-0.2, 0) is 38.9 Å². The Morgan fingerprint density at radius 2 is 1.84 bits per heavy atom. The second-order valence-electron chi connectivity index (χ2n) is 5.94. The first-order chi connectivity index (χ1) is 12.0. The fourth-order valence-electron chi connectivity index (χ4n) is 2.91. The van der Waals surface area contributed by atoms with Crippen molar-refractivity contribution >= 4 is 15.8 Å². The van der Waals surface area contributed by atoms with E-state index < -0.39 is 15.9 Å². The molecular formula is C18H20N2O4S. The summed E-state index contributed by atoms with van der Waals surface area (Å²) < 4.78 is 30.4. The number of fused-ring (bicyclic) bond motifs is 1. The van der Waals surface area contributed by atoms with E-state index in [1.54, 1.807) is 42.5 Å². The summed E-state index contributed by atoms with van der Waals surface area (Å²) >= 11 is 0. The van der Waals surface area contributed by atoms with E-state index in [-0.39, 0.29) is 15.8 Å². The van der Waals surface area contributed by atoms with Crippen molar-refractivity contribution in [3.63, 3.8) is 0 Å². The number of carbonyl (C=O) groups is 1. The Labute approximate surface area is 146 Å². The number of esters is 1. The molecule has 1 atom stereocenters. The molecule has 3 rings (SSSR count). The summed E-state index contributed by atoms with van der Waals surface area (Å²) in [7, 11) is -2.24. The highest BCUT2D eigenvalue weighted by Crippen LogP contribution is 2.26. The van der Waals surface area contributed by atoms with Crippen molar-refractivity contribution in [1.29, 1.82) is 0 Å². The Morgan fingerprint density at radius 1 is 1.16 bits per heavy atom. The van der Waals surface area contributed by atoms with E-state index in [0.29, 0.717) is 19.5 Å². The molecule has 0 bridgehead atoms. The predicted molar refractivity (Wildman–Crippen MR) is 92.6 cm³/mol. The maximum absolute atomic E-state index is 12.8. The Hall–Kier alpha value is -2.22. The number of benzene rings is 2. The highest BCUT2D eigenvalue weighted by molar-refractivity contribution is 7.91. The molecule has 7 heteroatoms. The number of rotatable bonds is 4. The van der Waals surface area contributed by atoms with E-state index in [4.69, 9.17) is 10.5 Å². The number of carbonyl (C=O) groups excluding carboxylic acids is 1. The van der Waals surface area contributed by atoms with Crippen molar-refractivity contribution in [3.05, 3.63) is 59.2 Å². The smallest absolute Gasteiger partial charge is 0.323 e. The summed E-state index contributed by atoms with van der Waals surface area (Å²) in [6.07, 6.45) is 0.480. The van der Waals surface area contributed by atoms with Crippen LogP contribution in [0.4, 0.5) is 0 Å². The molecular weight excluding hydrogens is 340 g/mol. The van der Waals surface area contributed by atoms with Crippen LogP contribution in [0.1, 0.15) is 16.7 Å². The Balaban J connectivity index is 1.90. The largest absolute Gasteiger partial charge is 0.468 e. The van der Waals surface area contributed by atoms with Crippen molar-refractivity contribution in [1.82, 2.24) is 5.32 Å². The number of methoxy groups -OCH3 is 1. The van der Waals surface area contributed by atoms with Gasteiger partial charge in [0.1, 0.15) is 6.04 Å². The van der Waals surface area contributed by atoms with Crippen molar-refractivity contribution in [3.8, 4) is 0 Å². The highest BCUT2D eigenvalue weighted by atomic mass is 32.2. The maximum atomic E-state index is 12.8. The normalized spacial score (nSPS) is 17.0. The molecule has 6 nitrogen and oxygen atoms in total. The summed E-state index contributed by atoms with van der Waals surface area (Å²) in [6, 6.07) is 11.2. The van der Waals surface area contributed by atoms with Gasteiger partial charge in [-0.2, -0.15) is 0 Å². The van der Waals surface area contributed by atoms with Crippen LogP contribution in [0.5, 0.6) is 0 Å². The second-order valence-corrected chi connectivity index (χ2v) is 7.89. The third kappa shape index (κ3) is 3.44. The van der Waals surface area contributed by atoms with E-state index in [1.165, 1.54) is 7.11 Å². The standard InChI is InChI=1S/C18H20N2O4S/c1-24-18(21)17-9-13-4-7-16(8-14(13)11-20-17)25(22,23)15-5-2-12(10-19)3-6-15/h2-8,17,20H,9-11,19H2,1H3. The van der Waals surface area contributed by atoms with Gasteiger partial charge < -0.3 is 15.8 Å². The van der Waals surface area contributed by atoms with Crippen molar-refractivity contribution < 1.29 is 17.9 Å². The zero-order valence-corrected chi connectivity index (χ0v) is 14.7. The lowest BCUT2D eigenvalue weighted by atomic mass is 9.96. The second kappa shape index (κ2) is 6.95. The van der Waals surface area contributed by atoms with Gasteiger partial charge in [0.05, 0.1) is 16.9 Å². The first-order valence-corrected chi connectivity index (χ1v) is 9.41. The van der Waals surface area contributed by atoms with Crippen LogP contribution in [0.15, 0.2) is 52.3 Å². The summed E-state index contributed by atoms with van der Waals surface area (Å²) in [6.45, 7) is 0.788. The highest BCUT2D eigenvalue weighted by Gasteiger charge is 2.26. The van der Waals surface area contributed by atoms with Crippen LogP contribution in [0, 0.1) is 0 Å². The number of nitrogens with one attached hydrogen (secondary N) is 1. The minimum atomic E-state index is -3.59. The molecule has 25 heavy (non-hydrogen) atoms. The van der Waals surface area contributed by atoms with E-state index in [2.05, 4.69) is 5.32 Å². The average Bonchev–Trinajstić information content (AvgIpc) is 2.66. The SMILES string of the molecule is COC(=O)C1Cc2ccc(S(=O)(=O)c3ccc(CN)cc3)cc2CN1. The average molecular weight is 360 g/mol. The van der Waals surface area contributed by atoms with Crippen LogP contribution in [-0.4, -0.2) is 27.5 Å². The Morgan fingerprint density at radius 3 is 2.48 bits per heavy atom. The fourth-order valence-corrected chi connectivity index (χ4v) is 4.22. The van der Waals surface area contributed by atoms with Gasteiger partial charge in [-0.1, -0.05) is 18.2 Å². The van der Waals surface area contributed by atoms with Gasteiger partial charge in [-0.05, 0) is 47.4 Å². The molecule has 2 aromatic carbocycles. The van der Waals surface area contributed by atoms with E-state index in [9.17, 15) is 13.2 Å². The van der Waals surface area contributed by atoms with E-state index >= 15 is 0 Å². The molecule has 3 N–H and O–H groups in total. The van der Waals surface area contributed by atoms with Gasteiger partial charge in [0.25, 0.3) is 0 Å². The minimum absolute atomic E-state index is 0.237. The molecule has 1 heterocycles. The van der Waals surface area contributed by atoms with Crippen LogP contribution >= 0.6 is 0 Å². The lowest BCUT2D eigenvalue weighted by Gasteiger charge is -2.24. The van der Waals surface area contributed by atoms with Gasteiger partial charge in [0, 0.05) is 13.1 Å². The lowest BCUT2D eigenvalue weighted by molar-refractivity contribution is -0.143. The molecule has 0 saturated heterocycles. The number of nitrogens with two attached hydrogens (primary N) is 1. The molecule has 0 spiro atoms. The van der Waals surface area contributed by atoms with Crippen molar-refractivity contribution in [2.45, 2.75) is 35.3 Å². The number of sulfone groups is 1. The molecule has 0 aliphatic carbocycles. The maximum Gasteiger partial charge on any atom is 0.323 e. The molecule has 1 unspecified atom stereocenters. The molecule has 1 aliphatic heterocycles. The van der Waals surface area contributed by atoms with Gasteiger partial charge >= 0.3 is 5.97 Å². The van der Waals surface area contributed by atoms with Gasteiger partial charge in [-0.25, -0.2) is 8.42 Å². The van der Waals surface area contributed by atoms with Crippen molar-refractivity contribution in [2.75, 3.05) is 7.11 Å². The van der Waals surface area contributed by atoms with Gasteiger partial charge in [0.15, 0.2) is 0 Å². The van der Waals surface area contributed by atoms with Crippen LogP contribution in [0.3, 0.4) is 0 Å². The molecule has 0 aromatic heterocycles. The van der Waals surface area contributed by atoms with Crippen LogP contribution in [0.25, 0.3) is 0 Å². The number of ether oxygens (including phenoxy) is 1. The Kier molecular flexibility index (Phi) is 4.89. The molecule has 1 aliphatic rings. The summed E-state index contributed by atoms with van der Waals surface area (Å²) in [5.74, 6) is -0.317. The molecule has 0 radical (unpaired) electrons. The van der Waals surface area contributed by atoms with Crippen LogP contribution < -0.4 is 11.1 Å². The zero-order chi connectivity index (χ0) is 18.0. The van der Waals surface area contributed by atoms with E-state index in [1.807, 2.05) is 0 Å². The fraction of sp³-hybridized carbons (Fsp3) is 0.278. The first kappa shape index (κ1) is 17.6. The van der Waals surface area contributed by atoms with Gasteiger partial charge in [-0.15, -0.1) is 0 Å². The molecule has 2 aromatic rings. The molecule has 0 fully saturated rings. The third-order valence-corrected chi connectivity index (χ3v) is 6.17. The zero-order valence-electron chi connectivity index (χ0n) is 13.9. The predicted octanol–water partition coefficient (Wildman–Crippen LogP) is 1.17. The monoisotopic (exact) mass is 360 g/mol. The summed E-state index contributed by atoms with van der Waals surface area (Å²) in [5, 5.41) is 3.08. The minimum Gasteiger partial charge on any atom is -0.468 e. The Bertz CT molecular complexity index is 892. The van der Waals surface area contributed by atoms with Crippen LogP contribution in [0.2, 0.25) is 0 Å². The third-order valence-electron chi connectivity index (χ3n) is 4.41. The summed E-state index contributed by atoms with van der Waals surface area (Å²) in [5.41, 5.74) is 8.25. The number of hydrogen-bond donors (Lipinski definition) is 2.